The standard InChI is InChI=1S/C17H24N2/c1-3-5-9-15(4-2)14-19-13-12-18-17(19)16-10-7-6-8-11-16/h6-8,10-13,15H,3-5,9,14H2,1-2H3/p+1. The van der Waals surface area contributed by atoms with Crippen molar-refractivity contribution in [3.05, 3.63) is 42.7 Å². The molecule has 2 heteroatoms. The highest BCUT2D eigenvalue weighted by atomic mass is 15.1. The number of aromatic nitrogens is 2. The third-order valence-corrected chi connectivity index (χ3v) is 3.81. The average Bonchev–Trinajstić information content (AvgIpc) is 2.92. The number of nitrogens with zero attached hydrogens (tertiary/aromatic N) is 1. The van der Waals surface area contributed by atoms with Crippen molar-refractivity contribution in [3.8, 4) is 11.4 Å². The van der Waals surface area contributed by atoms with Gasteiger partial charge < -0.3 is 0 Å². The number of unbranched alkanes of at least 4 members (excludes halogenated alkanes) is 1. The minimum absolute atomic E-state index is 0.781. The molecule has 2 nitrogen and oxygen atoms in total. The molecular weight excluding hydrogens is 232 g/mol. The van der Waals surface area contributed by atoms with Crippen molar-refractivity contribution in [1.29, 1.82) is 0 Å². The van der Waals surface area contributed by atoms with Crippen molar-refractivity contribution in [3.63, 3.8) is 0 Å². The Bertz CT molecular complexity index is 473. The van der Waals surface area contributed by atoms with E-state index in [4.69, 9.17) is 0 Å². The number of rotatable bonds is 7. The Kier molecular flexibility index (Phi) is 5.20. The van der Waals surface area contributed by atoms with Crippen LogP contribution in [0, 0.1) is 5.92 Å². The number of hydrogen-bond acceptors (Lipinski definition) is 0. The van der Waals surface area contributed by atoms with E-state index in [1.54, 1.807) is 0 Å². The summed E-state index contributed by atoms with van der Waals surface area (Å²) in [4.78, 5) is 3.37. The highest BCUT2D eigenvalue weighted by Crippen LogP contribution is 2.16. The van der Waals surface area contributed by atoms with Gasteiger partial charge in [-0.25, -0.2) is 9.55 Å². The number of imidazole rings is 1. The first-order chi connectivity index (χ1) is 9.35. The lowest BCUT2D eigenvalue weighted by molar-refractivity contribution is -0.691. The summed E-state index contributed by atoms with van der Waals surface area (Å²) in [7, 11) is 0. The zero-order valence-electron chi connectivity index (χ0n) is 12.1. The molecule has 0 radical (unpaired) electrons. The number of benzene rings is 1. The van der Waals surface area contributed by atoms with Crippen LogP contribution in [0.4, 0.5) is 0 Å². The Morgan fingerprint density at radius 3 is 2.63 bits per heavy atom. The van der Waals surface area contributed by atoms with E-state index >= 15 is 0 Å². The van der Waals surface area contributed by atoms with Crippen LogP contribution in [0.5, 0.6) is 0 Å². The van der Waals surface area contributed by atoms with Crippen molar-refractivity contribution >= 4 is 0 Å². The van der Waals surface area contributed by atoms with E-state index < -0.39 is 0 Å². The fourth-order valence-electron chi connectivity index (χ4n) is 2.56. The number of H-pyrrole nitrogens is 1. The van der Waals surface area contributed by atoms with Crippen LogP contribution >= 0.6 is 0 Å². The molecule has 0 saturated heterocycles. The predicted octanol–water partition coefficient (Wildman–Crippen LogP) is 4.19. The van der Waals surface area contributed by atoms with Crippen molar-refractivity contribution in [1.82, 2.24) is 4.98 Å². The zero-order chi connectivity index (χ0) is 13.5. The summed E-state index contributed by atoms with van der Waals surface area (Å²) in [6.45, 7) is 5.69. The normalized spacial score (nSPS) is 12.5. The summed E-state index contributed by atoms with van der Waals surface area (Å²) in [5, 5.41) is 0. The molecule has 1 N–H and O–H groups in total. The van der Waals surface area contributed by atoms with Crippen LogP contribution in [0.3, 0.4) is 0 Å². The third-order valence-electron chi connectivity index (χ3n) is 3.81. The molecule has 1 aromatic carbocycles. The molecule has 0 saturated carbocycles. The molecule has 1 heterocycles. The summed E-state index contributed by atoms with van der Waals surface area (Å²) < 4.78 is 2.36. The van der Waals surface area contributed by atoms with Gasteiger partial charge in [0.1, 0.15) is 12.4 Å². The molecule has 0 fully saturated rings. The van der Waals surface area contributed by atoms with Gasteiger partial charge >= 0.3 is 0 Å². The van der Waals surface area contributed by atoms with Crippen LogP contribution in [0.1, 0.15) is 39.5 Å². The molecular formula is C17H25N2+. The summed E-state index contributed by atoms with van der Waals surface area (Å²) >= 11 is 0. The summed E-state index contributed by atoms with van der Waals surface area (Å²) in [5.41, 5.74) is 1.26. The van der Waals surface area contributed by atoms with Crippen molar-refractivity contribution in [2.24, 2.45) is 5.92 Å². The van der Waals surface area contributed by atoms with Crippen LogP contribution in [-0.2, 0) is 6.54 Å². The molecule has 19 heavy (non-hydrogen) atoms. The first-order valence-corrected chi connectivity index (χ1v) is 7.47. The molecule has 1 aromatic heterocycles. The van der Waals surface area contributed by atoms with Gasteiger partial charge in [-0.15, -0.1) is 0 Å². The Hall–Kier alpha value is -1.57. The highest BCUT2D eigenvalue weighted by molar-refractivity contribution is 5.51. The smallest absolute Gasteiger partial charge is 0.243 e. The average molecular weight is 257 g/mol. The maximum Gasteiger partial charge on any atom is 0.286 e. The first-order valence-electron chi connectivity index (χ1n) is 7.47. The van der Waals surface area contributed by atoms with Crippen molar-refractivity contribution in [2.45, 2.75) is 46.1 Å². The minimum atomic E-state index is 0.781. The summed E-state index contributed by atoms with van der Waals surface area (Å²) in [6.07, 6.45) is 9.42. The highest BCUT2D eigenvalue weighted by Gasteiger charge is 2.16. The topological polar surface area (TPSA) is 19.7 Å². The third kappa shape index (κ3) is 3.69. The lowest BCUT2D eigenvalue weighted by Crippen LogP contribution is -2.37. The fourth-order valence-corrected chi connectivity index (χ4v) is 2.56. The molecule has 0 aliphatic rings. The van der Waals surface area contributed by atoms with Gasteiger partial charge in [0.15, 0.2) is 0 Å². The molecule has 0 aliphatic carbocycles. The Morgan fingerprint density at radius 1 is 1.16 bits per heavy atom. The van der Waals surface area contributed by atoms with Crippen LogP contribution in [0.2, 0.25) is 0 Å². The van der Waals surface area contributed by atoms with E-state index in [-0.39, 0.29) is 0 Å². The quantitative estimate of drug-likeness (QED) is 0.718. The maximum absolute atomic E-state index is 3.37. The van der Waals surface area contributed by atoms with Crippen LogP contribution in [-0.4, -0.2) is 4.98 Å². The monoisotopic (exact) mass is 257 g/mol. The van der Waals surface area contributed by atoms with E-state index in [0.717, 1.165) is 12.5 Å². The second-order valence-corrected chi connectivity index (χ2v) is 5.24. The Morgan fingerprint density at radius 2 is 1.95 bits per heavy atom. The fraction of sp³-hybridized carbons (Fsp3) is 0.471. The van der Waals surface area contributed by atoms with Gasteiger partial charge in [0.2, 0.25) is 0 Å². The van der Waals surface area contributed by atoms with Crippen molar-refractivity contribution in [2.75, 3.05) is 0 Å². The van der Waals surface area contributed by atoms with Gasteiger partial charge in [-0.2, -0.15) is 0 Å². The lowest BCUT2D eigenvalue weighted by atomic mass is 9.99. The molecule has 1 unspecified atom stereocenters. The molecule has 102 valence electrons. The van der Waals surface area contributed by atoms with Crippen LogP contribution in [0.25, 0.3) is 11.4 Å². The van der Waals surface area contributed by atoms with Crippen LogP contribution < -0.4 is 4.57 Å². The van der Waals surface area contributed by atoms with E-state index in [0.29, 0.717) is 0 Å². The van der Waals surface area contributed by atoms with Crippen molar-refractivity contribution < 1.29 is 4.57 Å². The molecule has 2 aromatic rings. The largest absolute Gasteiger partial charge is 0.286 e. The molecule has 0 spiro atoms. The summed E-state index contributed by atoms with van der Waals surface area (Å²) in [5.74, 6) is 2.00. The second-order valence-electron chi connectivity index (χ2n) is 5.24. The second kappa shape index (κ2) is 7.13. The van der Waals surface area contributed by atoms with Gasteiger partial charge in [-0.1, -0.05) is 44.9 Å². The molecule has 0 aliphatic heterocycles. The number of hydrogen-bond donors (Lipinski definition) is 1. The van der Waals surface area contributed by atoms with E-state index in [1.807, 2.05) is 6.20 Å². The van der Waals surface area contributed by atoms with Gasteiger partial charge in [0.25, 0.3) is 5.82 Å². The minimum Gasteiger partial charge on any atom is -0.243 e. The zero-order valence-corrected chi connectivity index (χ0v) is 12.1. The Labute approximate surface area is 116 Å². The summed E-state index contributed by atoms with van der Waals surface area (Å²) in [6, 6.07) is 10.6. The molecule has 0 amide bonds. The molecule has 0 bridgehead atoms. The molecule has 2 rings (SSSR count). The maximum atomic E-state index is 3.37. The number of aromatic amines is 1. The Balaban J connectivity index is 2.11. The van der Waals surface area contributed by atoms with E-state index in [2.05, 4.69) is 59.9 Å². The van der Waals surface area contributed by atoms with Gasteiger partial charge in [0, 0.05) is 0 Å². The van der Waals surface area contributed by atoms with Crippen LogP contribution in [0.15, 0.2) is 42.7 Å². The number of nitrogens with one attached hydrogen (secondary N) is 1. The SMILES string of the molecule is CCCCC(CC)C[n+]1cc[nH]c1-c1ccccc1. The predicted molar refractivity (Wildman–Crippen MR) is 79.7 cm³/mol. The van der Waals surface area contributed by atoms with Gasteiger partial charge in [0.05, 0.1) is 12.1 Å². The van der Waals surface area contributed by atoms with Gasteiger partial charge in [-0.3, -0.25) is 0 Å². The van der Waals surface area contributed by atoms with E-state index in [9.17, 15) is 0 Å². The van der Waals surface area contributed by atoms with Gasteiger partial charge in [-0.05, 0) is 30.9 Å². The first kappa shape index (κ1) is 13.9. The lowest BCUT2D eigenvalue weighted by Gasteiger charge is -2.12. The molecule has 1 atom stereocenters. The van der Waals surface area contributed by atoms with E-state index in [1.165, 1.54) is 37.1 Å².